The predicted molar refractivity (Wildman–Crippen MR) is 75.2 cm³/mol. The van der Waals surface area contributed by atoms with E-state index in [0.717, 1.165) is 11.8 Å². The third-order valence-electron chi connectivity index (χ3n) is 4.48. The molecular formula is C15H20ClFN2. The van der Waals surface area contributed by atoms with Gasteiger partial charge in [-0.05, 0) is 61.5 Å². The maximum absolute atomic E-state index is 14.0. The lowest BCUT2D eigenvalue weighted by molar-refractivity contribution is 0.281. The van der Waals surface area contributed by atoms with Gasteiger partial charge in [0.1, 0.15) is 5.82 Å². The van der Waals surface area contributed by atoms with Crippen molar-refractivity contribution in [1.29, 1.82) is 0 Å². The Hall–Kier alpha value is -0.640. The maximum atomic E-state index is 14.0. The fourth-order valence-electron chi connectivity index (χ4n) is 3.25. The molecule has 3 N–H and O–H groups in total. The zero-order valence-corrected chi connectivity index (χ0v) is 11.7. The Balaban J connectivity index is 1.76. The molecule has 1 aromatic rings. The molecule has 0 aliphatic heterocycles. The topological polar surface area (TPSA) is 38.0 Å². The Bertz CT molecular complexity index is 445. The van der Waals surface area contributed by atoms with Gasteiger partial charge in [-0.25, -0.2) is 4.39 Å². The summed E-state index contributed by atoms with van der Waals surface area (Å²) in [4.78, 5) is 0. The summed E-state index contributed by atoms with van der Waals surface area (Å²) in [5, 5.41) is 0.197. The largest absolute Gasteiger partial charge is 0.271 e. The summed E-state index contributed by atoms with van der Waals surface area (Å²) < 4.78 is 14.0. The molecule has 4 heteroatoms. The molecule has 0 spiro atoms. The molecule has 1 atom stereocenters. The van der Waals surface area contributed by atoms with Crippen molar-refractivity contribution in [2.24, 2.45) is 23.6 Å². The van der Waals surface area contributed by atoms with Crippen molar-refractivity contribution < 1.29 is 4.39 Å². The fraction of sp³-hybridized carbons (Fsp3) is 0.600. The van der Waals surface area contributed by atoms with Crippen LogP contribution in [0, 0.1) is 23.6 Å². The van der Waals surface area contributed by atoms with Gasteiger partial charge in [0.25, 0.3) is 0 Å². The first kappa shape index (κ1) is 13.3. The van der Waals surface area contributed by atoms with Crippen LogP contribution >= 0.6 is 11.6 Å². The lowest BCUT2D eigenvalue weighted by Gasteiger charge is -2.27. The average molecular weight is 283 g/mol. The first-order chi connectivity index (χ1) is 9.20. The highest BCUT2D eigenvalue weighted by atomic mass is 35.5. The summed E-state index contributed by atoms with van der Waals surface area (Å²) in [7, 11) is 0. The summed E-state index contributed by atoms with van der Waals surface area (Å²) >= 11 is 5.84. The van der Waals surface area contributed by atoms with Gasteiger partial charge in [0.05, 0.1) is 5.02 Å². The lowest BCUT2D eigenvalue weighted by atomic mass is 9.86. The van der Waals surface area contributed by atoms with Gasteiger partial charge >= 0.3 is 0 Å². The third-order valence-corrected chi connectivity index (χ3v) is 4.77. The van der Waals surface area contributed by atoms with Crippen LogP contribution in [0.1, 0.15) is 31.2 Å². The van der Waals surface area contributed by atoms with Crippen molar-refractivity contribution in [2.75, 3.05) is 0 Å². The van der Waals surface area contributed by atoms with Crippen LogP contribution in [0.2, 0.25) is 5.02 Å². The Morgan fingerprint density at radius 3 is 2.42 bits per heavy atom. The maximum Gasteiger partial charge on any atom is 0.145 e. The van der Waals surface area contributed by atoms with Crippen molar-refractivity contribution in [3.63, 3.8) is 0 Å². The number of hydrazine groups is 1. The molecular weight excluding hydrogens is 263 g/mol. The molecule has 1 unspecified atom stereocenters. The van der Waals surface area contributed by atoms with E-state index in [0.29, 0.717) is 17.9 Å². The average Bonchev–Trinajstić information content (AvgIpc) is 3.26. The Kier molecular flexibility index (Phi) is 3.79. The number of hydrogen-bond acceptors (Lipinski definition) is 2. The second-order valence-electron chi connectivity index (χ2n) is 5.94. The van der Waals surface area contributed by atoms with Gasteiger partial charge in [0.2, 0.25) is 0 Å². The molecule has 0 amide bonds. The van der Waals surface area contributed by atoms with E-state index in [2.05, 4.69) is 5.43 Å². The number of benzene rings is 1. The zero-order valence-electron chi connectivity index (χ0n) is 10.9. The van der Waals surface area contributed by atoms with E-state index in [1.54, 1.807) is 12.1 Å². The molecule has 0 radical (unpaired) electrons. The van der Waals surface area contributed by atoms with Crippen LogP contribution in [0.5, 0.6) is 0 Å². The summed E-state index contributed by atoms with van der Waals surface area (Å²) in [5.74, 6) is 7.61. The molecule has 2 fully saturated rings. The van der Waals surface area contributed by atoms with Crippen molar-refractivity contribution in [3.05, 3.63) is 34.6 Å². The minimum atomic E-state index is -0.297. The van der Waals surface area contributed by atoms with Crippen molar-refractivity contribution >= 4 is 11.6 Å². The van der Waals surface area contributed by atoms with Gasteiger partial charge in [-0.1, -0.05) is 23.7 Å². The Morgan fingerprint density at radius 1 is 1.26 bits per heavy atom. The second-order valence-corrected chi connectivity index (χ2v) is 6.35. The first-order valence-electron chi connectivity index (χ1n) is 7.09. The van der Waals surface area contributed by atoms with Gasteiger partial charge in [0, 0.05) is 6.04 Å². The molecule has 19 heavy (non-hydrogen) atoms. The minimum absolute atomic E-state index is 0.160. The van der Waals surface area contributed by atoms with Gasteiger partial charge < -0.3 is 0 Å². The lowest BCUT2D eigenvalue weighted by Crippen LogP contribution is -2.44. The molecule has 1 aromatic carbocycles. The van der Waals surface area contributed by atoms with Crippen LogP contribution in [-0.2, 0) is 6.42 Å². The Morgan fingerprint density at radius 2 is 1.89 bits per heavy atom. The van der Waals surface area contributed by atoms with Gasteiger partial charge in [0.15, 0.2) is 0 Å². The second kappa shape index (κ2) is 5.39. The first-order valence-corrected chi connectivity index (χ1v) is 7.47. The zero-order chi connectivity index (χ0) is 13.4. The SMILES string of the molecule is NNC(Cc1cccc(Cl)c1F)C(C1CC1)C1CC1. The molecule has 2 saturated carbocycles. The standard InChI is InChI=1S/C15H20ClFN2/c16-12-3-1-2-11(15(12)17)8-13(19-18)14(9-4-5-9)10-6-7-10/h1-3,9-10,13-14,19H,4-8,18H2. The number of rotatable bonds is 6. The van der Waals surface area contributed by atoms with E-state index in [9.17, 15) is 4.39 Å². The quantitative estimate of drug-likeness (QED) is 0.621. The fourth-order valence-corrected chi connectivity index (χ4v) is 3.45. The van der Waals surface area contributed by atoms with Crippen LogP contribution in [0.25, 0.3) is 0 Å². The molecule has 0 saturated heterocycles. The monoisotopic (exact) mass is 282 g/mol. The number of nitrogens with two attached hydrogens (primary N) is 1. The number of halogens is 2. The van der Waals surface area contributed by atoms with Crippen LogP contribution in [-0.4, -0.2) is 6.04 Å². The molecule has 0 aromatic heterocycles. The van der Waals surface area contributed by atoms with Crippen LogP contribution in [0.4, 0.5) is 4.39 Å². The van der Waals surface area contributed by atoms with Gasteiger partial charge in [-0.3, -0.25) is 11.3 Å². The van der Waals surface area contributed by atoms with E-state index in [4.69, 9.17) is 17.4 Å². The summed E-state index contributed by atoms with van der Waals surface area (Å²) in [6.45, 7) is 0. The van der Waals surface area contributed by atoms with Crippen molar-refractivity contribution in [3.8, 4) is 0 Å². The van der Waals surface area contributed by atoms with E-state index in [-0.39, 0.29) is 16.9 Å². The summed E-state index contributed by atoms with van der Waals surface area (Å²) in [5.41, 5.74) is 3.60. The Labute approximate surface area is 118 Å². The highest BCUT2D eigenvalue weighted by molar-refractivity contribution is 6.30. The van der Waals surface area contributed by atoms with Crippen molar-refractivity contribution in [1.82, 2.24) is 5.43 Å². The molecule has 3 rings (SSSR count). The van der Waals surface area contributed by atoms with Crippen molar-refractivity contribution in [2.45, 2.75) is 38.1 Å². The third kappa shape index (κ3) is 2.93. The van der Waals surface area contributed by atoms with E-state index >= 15 is 0 Å². The summed E-state index contributed by atoms with van der Waals surface area (Å²) in [6.07, 6.45) is 5.84. The molecule has 2 aliphatic carbocycles. The number of hydrogen-bond donors (Lipinski definition) is 2. The normalized spacial score (nSPS) is 20.8. The molecule has 2 aliphatic rings. The molecule has 0 bridgehead atoms. The molecule has 104 valence electrons. The van der Waals surface area contributed by atoms with Crippen LogP contribution < -0.4 is 11.3 Å². The summed E-state index contributed by atoms with van der Waals surface area (Å²) in [6, 6.07) is 5.36. The number of nitrogens with one attached hydrogen (secondary N) is 1. The highest BCUT2D eigenvalue weighted by Gasteiger charge is 2.45. The van der Waals surface area contributed by atoms with E-state index in [1.807, 2.05) is 6.07 Å². The van der Waals surface area contributed by atoms with Crippen LogP contribution in [0.15, 0.2) is 18.2 Å². The van der Waals surface area contributed by atoms with E-state index < -0.39 is 0 Å². The molecule has 2 nitrogen and oxygen atoms in total. The molecule has 0 heterocycles. The van der Waals surface area contributed by atoms with Gasteiger partial charge in [-0.2, -0.15) is 0 Å². The smallest absolute Gasteiger partial charge is 0.145 e. The minimum Gasteiger partial charge on any atom is -0.271 e. The van der Waals surface area contributed by atoms with Crippen LogP contribution in [0.3, 0.4) is 0 Å². The predicted octanol–water partition coefficient (Wildman–Crippen LogP) is 3.29. The highest BCUT2D eigenvalue weighted by Crippen LogP contribution is 2.51. The van der Waals surface area contributed by atoms with Gasteiger partial charge in [-0.15, -0.1) is 0 Å². The van der Waals surface area contributed by atoms with E-state index in [1.165, 1.54) is 25.7 Å².